The number of nitrogens with one attached hydrogen (secondary N) is 1. The van der Waals surface area contributed by atoms with E-state index >= 15 is 0 Å². The number of fused-ring (bicyclic) bond motifs is 3. The molecule has 1 aromatic carbocycles. The molecule has 1 unspecified atom stereocenters. The van der Waals surface area contributed by atoms with E-state index in [-0.39, 0.29) is 35.4 Å². The molecular weight excluding hydrogens is 685 g/mol. The number of piperazine rings is 1. The first-order valence-corrected chi connectivity index (χ1v) is 20.5. The van der Waals surface area contributed by atoms with E-state index in [4.69, 9.17) is 9.26 Å². The molecule has 4 fully saturated rings. The average molecular weight is 743 g/mol. The topological polar surface area (TPSA) is 144 Å². The van der Waals surface area contributed by atoms with Crippen molar-refractivity contribution in [3.05, 3.63) is 42.2 Å². The number of hydrogen-bond donors (Lipinski definition) is 3. The zero-order valence-electron chi connectivity index (χ0n) is 32.0. The number of carbonyl (C=O) groups is 1. The number of aliphatic hydroxyl groups excluding tert-OH is 1. The average Bonchev–Trinajstić information content (AvgIpc) is 3.84. The molecule has 13 heteroatoms. The van der Waals surface area contributed by atoms with E-state index in [2.05, 4.69) is 46.3 Å². The van der Waals surface area contributed by atoms with Crippen molar-refractivity contribution < 1.29 is 24.3 Å². The van der Waals surface area contributed by atoms with Gasteiger partial charge in [-0.25, -0.2) is 0 Å². The molecule has 54 heavy (non-hydrogen) atoms. The van der Waals surface area contributed by atoms with Crippen LogP contribution in [0.1, 0.15) is 70.5 Å². The summed E-state index contributed by atoms with van der Waals surface area (Å²) in [5.41, 5.74) is 2.50. The fraction of sp³-hybridized carbons (Fsp3) is 0.659. The van der Waals surface area contributed by atoms with Gasteiger partial charge in [0.1, 0.15) is 18.1 Å². The largest absolute Gasteiger partial charge is 0.507 e. The van der Waals surface area contributed by atoms with Crippen LogP contribution in [0, 0.1) is 17.8 Å². The van der Waals surface area contributed by atoms with Gasteiger partial charge in [-0.2, -0.15) is 0 Å². The Bertz CT molecular complexity index is 1720. The summed E-state index contributed by atoms with van der Waals surface area (Å²) in [5.74, 6) is 2.59. The van der Waals surface area contributed by atoms with Crippen LogP contribution in [-0.2, 0) is 4.79 Å². The van der Waals surface area contributed by atoms with E-state index < -0.39 is 0 Å². The summed E-state index contributed by atoms with van der Waals surface area (Å²) in [6.07, 6.45) is 6.51. The van der Waals surface area contributed by atoms with Gasteiger partial charge < -0.3 is 34.6 Å². The molecule has 4 aliphatic heterocycles. The number of piperidine rings is 2. The van der Waals surface area contributed by atoms with E-state index in [0.29, 0.717) is 54.4 Å². The maximum Gasteiger partial charge on any atom is 0.254 e. The Morgan fingerprint density at radius 1 is 0.963 bits per heavy atom. The second kappa shape index (κ2) is 16.5. The van der Waals surface area contributed by atoms with Crippen LogP contribution in [0.3, 0.4) is 0 Å². The van der Waals surface area contributed by atoms with Crippen LogP contribution in [0.4, 0.5) is 11.5 Å². The van der Waals surface area contributed by atoms with Crippen LogP contribution in [-0.4, -0.2) is 136 Å². The Morgan fingerprint density at radius 2 is 1.76 bits per heavy atom. The van der Waals surface area contributed by atoms with Gasteiger partial charge in [0.2, 0.25) is 0 Å². The third-order valence-corrected chi connectivity index (χ3v) is 12.8. The monoisotopic (exact) mass is 742 g/mol. The zero-order valence-corrected chi connectivity index (χ0v) is 32.0. The Balaban J connectivity index is 0.740. The van der Waals surface area contributed by atoms with Gasteiger partial charge in [0.25, 0.3) is 5.88 Å². The minimum absolute atomic E-state index is 0.0863. The van der Waals surface area contributed by atoms with Gasteiger partial charge in [0, 0.05) is 62.9 Å². The van der Waals surface area contributed by atoms with E-state index in [1.54, 1.807) is 12.1 Å². The summed E-state index contributed by atoms with van der Waals surface area (Å²) in [6, 6.07) is 12.2. The van der Waals surface area contributed by atoms with Crippen molar-refractivity contribution in [2.45, 2.75) is 82.9 Å². The second-order valence-corrected chi connectivity index (χ2v) is 16.7. The molecule has 0 bridgehead atoms. The summed E-state index contributed by atoms with van der Waals surface area (Å²) >= 11 is 0. The van der Waals surface area contributed by atoms with Gasteiger partial charge in [-0.3, -0.25) is 14.6 Å². The fourth-order valence-electron chi connectivity index (χ4n) is 9.72. The van der Waals surface area contributed by atoms with Crippen LogP contribution in [0.25, 0.3) is 11.3 Å². The first-order valence-electron chi connectivity index (χ1n) is 20.5. The molecule has 6 heterocycles. The van der Waals surface area contributed by atoms with Crippen molar-refractivity contribution in [1.29, 1.82) is 0 Å². The number of nitrogens with zero attached hydrogens (tertiary/aromatic N) is 7. The second-order valence-electron chi connectivity index (χ2n) is 16.7. The zero-order chi connectivity index (χ0) is 37.2. The minimum atomic E-state index is -0.373. The SMILES string of the molecule is CC(C)[C@@H](C(=O)C1CC[C@@H](O)C1)c1cc(OCCN2CCC(CN3CCC(N4CCN5c6cc(-c7ccccc7O)nnc6NC[C@H]5C4)CC3)CC2)no1. The van der Waals surface area contributed by atoms with Crippen molar-refractivity contribution >= 4 is 17.3 Å². The molecule has 1 aliphatic carbocycles. The van der Waals surface area contributed by atoms with Crippen LogP contribution in [0.5, 0.6) is 11.6 Å². The van der Waals surface area contributed by atoms with Gasteiger partial charge >= 0.3 is 0 Å². The predicted octanol–water partition coefficient (Wildman–Crippen LogP) is 4.48. The summed E-state index contributed by atoms with van der Waals surface area (Å²) < 4.78 is 11.6. The van der Waals surface area contributed by atoms with E-state index in [9.17, 15) is 15.0 Å². The number of hydrogen-bond acceptors (Lipinski definition) is 13. The quantitative estimate of drug-likeness (QED) is 0.240. The fourth-order valence-corrected chi connectivity index (χ4v) is 9.72. The lowest BCUT2D eigenvalue weighted by molar-refractivity contribution is -0.125. The third-order valence-electron chi connectivity index (χ3n) is 12.8. The lowest BCUT2D eigenvalue weighted by atomic mass is 9.82. The minimum Gasteiger partial charge on any atom is -0.507 e. The number of aromatic nitrogens is 3. The molecule has 4 atom stereocenters. The number of rotatable bonds is 12. The van der Waals surface area contributed by atoms with E-state index in [1.165, 1.54) is 45.3 Å². The van der Waals surface area contributed by atoms with Crippen molar-refractivity contribution in [2.75, 3.05) is 82.3 Å². The normalized spacial score (nSPS) is 25.3. The number of Topliss-reactive ketones (excluding diaryl/α,β-unsaturated/α-hetero) is 1. The van der Waals surface area contributed by atoms with Crippen LogP contribution in [0.2, 0.25) is 0 Å². The Morgan fingerprint density at radius 3 is 2.52 bits per heavy atom. The van der Waals surface area contributed by atoms with Crippen molar-refractivity contribution in [3.8, 4) is 22.9 Å². The molecule has 292 valence electrons. The van der Waals surface area contributed by atoms with Crippen molar-refractivity contribution in [3.63, 3.8) is 0 Å². The molecule has 0 amide bonds. The number of phenols is 1. The number of likely N-dealkylation sites (tertiary alicyclic amines) is 2. The van der Waals surface area contributed by atoms with E-state index in [0.717, 1.165) is 69.7 Å². The molecule has 3 aromatic rings. The predicted molar refractivity (Wildman–Crippen MR) is 207 cm³/mol. The Labute approximate surface area is 319 Å². The first kappa shape index (κ1) is 37.2. The number of phenolic OH excluding ortho intramolecular Hbond substituents is 1. The summed E-state index contributed by atoms with van der Waals surface area (Å²) in [6.45, 7) is 15.2. The van der Waals surface area contributed by atoms with Gasteiger partial charge in [-0.15, -0.1) is 10.2 Å². The van der Waals surface area contributed by atoms with Crippen LogP contribution in [0.15, 0.2) is 40.9 Å². The molecule has 3 saturated heterocycles. The van der Waals surface area contributed by atoms with Crippen molar-refractivity contribution in [2.24, 2.45) is 17.8 Å². The number of ketones is 1. The highest BCUT2D eigenvalue weighted by atomic mass is 16.5. The summed E-state index contributed by atoms with van der Waals surface area (Å²) in [5, 5.41) is 36.9. The van der Waals surface area contributed by atoms with Gasteiger partial charge in [0.05, 0.1) is 29.4 Å². The highest BCUT2D eigenvalue weighted by Crippen LogP contribution is 2.38. The molecule has 3 N–H and O–H groups in total. The number of aliphatic hydroxyl groups is 1. The number of ether oxygens (including phenoxy) is 1. The highest BCUT2D eigenvalue weighted by molar-refractivity contribution is 5.88. The van der Waals surface area contributed by atoms with E-state index in [1.807, 2.05) is 32.0 Å². The number of para-hydroxylation sites is 1. The molecule has 0 radical (unpaired) electrons. The maximum atomic E-state index is 13.3. The molecule has 5 aliphatic rings. The number of aromatic hydroxyl groups is 1. The third kappa shape index (κ3) is 8.24. The molecule has 2 aromatic heterocycles. The summed E-state index contributed by atoms with van der Waals surface area (Å²) in [4.78, 5) is 23.7. The number of benzene rings is 1. The maximum absolute atomic E-state index is 13.3. The first-order chi connectivity index (χ1) is 26.3. The highest BCUT2D eigenvalue weighted by Gasteiger charge is 2.38. The van der Waals surface area contributed by atoms with Crippen LogP contribution < -0.4 is 15.0 Å². The number of carbonyl (C=O) groups excluding carboxylic acids is 1. The summed E-state index contributed by atoms with van der Waals surface area (Å²) in [7, 11) is 0. The van der Waals surface area contributed by atoms with Crippen LogP contribution >= 0.6 is 0 Å². The van der Waals surface area contributed by atoms with Gasteiger partial charge in [-0.1, -0.05) is 26.0 Å². The molecule has 1 saturated carbocycles. The molecule has 0 spiro atoms. The number of anilines is 2. The van der Waals surface area contributed by atoms with Gasteiger partial charge in [0.15, 0.2) is 11.6 Å². The van der Waals surface area contributed by atoms with Gasteiger partial charge in [-0.05, 0) is 106 Å². The Kier molecular flexibility index (Phi) is 11.4. The standard InChI is InChI=1S/C41H58N8O5/c1-27(2)39(40(52)29-7-8-32(50)21-29)37-23-38(45-54-37)53-20-19-46-13-9-28(10-14-46)25-47-15-11-30(12-16-47)48-17-18-49-31(26-48)24-42-41-35(49)22-34(43-44-41)33-5-3-4-6-36(33)51/h3-6,22-23,27-32,39,50-51H,7-21,24-26H2,1-2H3,(H,42,44)/t29?,31-,32+,39+/m0/s1. The van der Waals surface area contributed by atoms with Crippen molar-refractivity contribution in [1.82, 2.24) is 30.1 Å². The Hall–Kier alpha value is -3.78. The lowest BCUT2D eigenvalue weighted by Crippen LogP contribution is -2.61. The lowest BCUT2D eigenvalue weighted by Gasteiger charge is -2.49. The smallest absolute Gasteiger partial charge is 0.254 e. The molecular formula is C41H58N8O5. The molecule has 13 nitrogen and oxygen atoms in total. The molecule has 8 rings (SSSR count).